The molecule has 1 saturated heterocycles. The van der Waals surface area contributed by atoms with Crippen LogP contribution in [0.2, 0.25) is 5.02 Å². The van der Waals surface area contributed by atoms with E-state index in [1.165, 1.54) is 5.56 Å². The van der Waals surface area contributed by atoms with E-state index in [1.54, 1.807) is 0 Å². The zero-order valence-corrected chi connectivity index (χ0v) is 11.8. The van der Waals surface area contributed by atoms with Gasteiger partial charge in [-0.1, -0.05) is 23.7 Å². The van der Waals surface area contributed by atoms with Crippen LogP contribution in [0, 0.1) is 5.92 Å². The third-order valence-corrected chi connectivity index (χ3v) is 4.05. The molecule has 1 fully saturated rings. The molecule has 0 radical (unpaired) electrons. The molecule has 104 valence electrons. The highest BCUT2D eigenvalue weighted by Crippen LogP contribution is 2.23. The number of nitrogens with zero attached hydrogens (tertiary/aromatic N) is 1. The molecule has 19 heavy (non-hydrogen) atoms. The molecule has 1 heterocycles. The van der Waals surface area contributed by atoms with Gasteiger partial charge in [-0.3, -0.25) is 9.69 Å². The lowest BCUT2D eigenvalue weighted by molar-refractivity contribution is -0.137. The summed E-state index contributed by atoms with van der Waals surface area (Å²) in [4.78, 5) is 13.0. The van der Waals surface area contributed by atoms with Crippen molar-refractivity contribution < 1.29 is 9.90 Å². The number of piperidine rings is 1. The van der Waals surface area contributed by atoms with E-state index in [4.69, 9.17) is 16.7 Å². The van der Waals surface area contributed by atoms with Gasteiger partial charge in [-0.2, -0.15) is 0 Å². The fourth-order valence-electron chi connectivity index (χ4n) is 2.61. The number of rotatable bonds is 5. The average Bonchev–Trinajstić information content (AvgIpc) is 2.40. The Morgan fingerprint density at radius 2 is 1.89 bits per heavy atom. The second-order valence-corrected chi connectivity index (χ2v) is 5.71. The van der Waals surface area contributed by atoms with Gasteiger partial charge in [0.2, 0.25) is 0 Å². The van der Waals surface area contributed by atoms with Crippen molar-refractivity contribution in [1.82, 2.24) is 4.90 Å². The van der Waals surface area contributed by atoms with Crippen LogP contribution >= 0.6 is 11.6 Å². The standard InChI is InChI=1S/C15H20ClNO2/c16-14-4-1-13(2-5-14)11-17-9-7-12(8-10-17)3-6-15(18)19/h1-2,4-5,12H,3,6-11H2,(H,18,19). The maximum atomic E-state index is 10.6. The van der Waals surface area contributed by atoms with E-state index < -0.39 is 5.97 Å². The molecule has 4 heteroatoms. The Labute approximate surface area is 119 Å². The van der Waals surface area contributed by atoms with Crippen LogP contribution in [0.15, 0.2) is 24.3 Å². The van der Waals surface area contributed by atoms with Crippen molar-refractivity contribution in [2.75, 3.05) is 13.1 Å². The van der Waals surface area contributed by atoms with E-state index in [9.17, 15) is 4.79 Å². The molecule has 0 spiro atoms. The van der Waals surface area contributed by atoms with Crippen LogP contribution in [0.1, 0.15) is 31.2 Å². The smallest absolute Gasteiger partial charge is 0.303 e. The van der Waals surface area contributed by atoms with Gasteiger partial charge in [0, 0.05) is 18.0 Å². The van der Waals surface area contributed by atoms with Crippen molar-refractivity contribution in [3.05, 3.63) is 34.9 Å². The summed E-state index contributed by atoms with van der Waals surface area (Å²) >= 11 is 5.87. The zero-order chi connectivity index (χ0) is 13.7. The Hall–Kier alpha value is -1.06. The van der Waals surface area contributed by atoms with Crippen molar-refractivity contribution in [1.29, 1.82) is 0 Å². The number of halogens is 1. The maximum Gasteiger partial charge on any atom is 0.303 e. The Morgan fingerprint density at radius 1 is 1.26 bits per heavy atom. The Morgan fingerprint density at radius 3 is 2.47 bits per heavy atom. The van der Waals surface area contributed by atoms with Crippen molar-refractivity contribution in [2.24, 2.45) is 5.92 Å². The van der Waals surface area contributed by atoms with Gasteiger partial charge in [0.15, 0.2) is 0 Å². The molecule has 1 aromatic rings. The van der Waals surface area contributed by atoms with Crippen molar-refractivity contribution in [2.45, 2.75) is 32.2 Å². The molecule has 1 N–H and O–H groups in total. The van der Waals surface area contributed by atoms with Gasteiger partial charge < -0.3 is 5.11 Å². The first-order valence-corrected chi connectivity index (χ1v) is 7.20. The molecule has 0 atom stereocenters. The number of carboxylic acids is 1. The second-order valence-electron chi connectivity index (χ2n) is 5.28. The Kier molecular flexibility index (Phi) is 5.23. The molecule has 1 aromatic carbocycles. The predicted octanol–water partition coefficient (Wildman–Crippen LogP) is 3.42. The number of hydrogen-bond donors (Lipinski definition) is 1. The molecular formula is C15H20ClNO2. The molecule has 1 aliphatic heterocycles. The summed E-state index contributed by atoms with van der Waals surface area (Å²) in [7, 11) is 0. The molecular weight excluding hydrogens is 262 g/mol. The van der Waals surface area contributed by atoms with E-state index in [0.717, 1.165) is 43.9 Å². The van der Waals surface area contributed by atoms with Crippen LogP contribution in [0.3, 0.4) is 0 Å². The van der Waals surface area contributed by atoms with Crippen LogP contribution in [-0.2, 0) is 11.3 Å². The second kappa shape index (κ2) is 6.92. The minimum Gasteiger partial charge on any atom is -0.481 e. The predicted molar refractivity (Wildman–Crippen MR) is 76.3 cm³/mol. The van der Waals surface area contributed by atoms with Crippen LogP contribution in [0.4, 0.5) is 0 Å². The molecule has 0 aromatic heterocycles. The quantitative estimate of drug-likeness (QED) is 0.899. The van der Waals surface area contributed by atoms with Gasteiger partial charge in [-0.25, -0.2) is 0 Å². The van der Waals surface area contributed by atoms with Crippen LogP contribution in [0.25, 0.3) is 0 Å². The average molecular weight is 282 g/mol. The first-order chi connectivity index (χ1) is 9.13. The molecule has 0 saturated carbocycles. The lowest BCUT2D eigenvalue weighted by Crippen LogP contribution is -2.33. The molecule has 0 unspecified atom stereocenters. The topological polar surface area (TPSA) is 40.5 Å². The van der Waals surface area contributed by atoms with E-state index in [0.29, 0.717) is 12.3 Å². The van der Waals surface area contributed by atoms with E-state index >= 15 is 0 Å². The molecule has 0 bridgehead atoms. The minimum atomic E-state index is -0.677. The van der Waals surface area contributed by atoms with Gasteiger partial charge in [-0.15, -0.1) is 0 Å². The van der Waals surface area contributed by atoms with Crippen molar-refractivity contribution >= 4 is 17.6 Å². The number of carboxylic acid groups (broad SMARTS) is 1. The van der Waals surface area contributed by atoms with Crippen molar-refractivity contribution in [3.63, 3.8) is 0 Å². The van der Waals surface area contributed by atoms with Gasteiger partial charge in [0.25, 0.3) is 0 Å². The van der Waals surface area contributed by atoms with Crippen molar-refractivity contribution in [3.8, 4) is 0 Å². The number of aliphatic carboxylic acids is 1. The third kappa shape index (κ3) is 4.84. The monoisotopic (exact) mass is 281 g/mol. The first kappa shape index (κ1) is 14.4. The fourth-order valence-corrected chi connectivity index (χ4v) is 2.73. The van der Waals surface area contributed by atoms with Crippen LogP contribution in [-0.4, -0.2) is 29.1 Å². The molecule has 2 rings (SSSR count). The Balaban J connectivity index is 1.74. The van der Waals surface area contributed by atoms with E-state index in [-0.39, 0.29) is 0 Å². The number of hydrogen-bond acceptors (Lipinski definition) is 2. The lowest BCUT2D eigenvalue weighted by atomic mass is 9.92. The number of benzene rings is 1. The Bertz CT molecular complexity index is 411. The normalized spacial score (nSPS) is 17.5. The molecule has 3 nitrogen and oxygen atoms in total. The van der Waals surface area contributed by atoms with E-state index in [2.05, 4.69) is 17.0 Å². The number of carbonyl (C=O) groups is 1. The zero-order valence-electron chi connectivity index (χ0n) is 11.0. The number of likely N-dealkylation sites (tertiary alicyclic amines) is 1. The summed E-state index contributed by atoms with van der Waals surface area (Å²) in [5.41, 5.74) is 1.29. The molecule has 0 amide bonds. The summed E-state index contributed by atoms with van der Waals surface area (Å²) < 4.78 is 0. The summed E-state index contributed by atoms with van der Waals surface area (Å²) in [5, 5.41) is 9.47. The molecule has 1 aliphatic rings. The molecule has 0 aliphatic carbocycles. The SMILES string of the molecule is O=C(O)CCC1CCN(Cc2ccc(Cl)cc2)CC1. The van der Waals surface area contributed by atoms with Gasteiger partial charge in [-0.05, 0) is 56.0 Å². The summed E-state index contributed by atoms with van der Waals surface area (Å²) in [6, 6.07) is 7.99. The van der Waals surface area contributed by atoms with E-state index in [1.807, 2.05) is 12.1 Å². The third-order valence-electron chi connectivity index (χ3n) is 3.79. The lowest BCUT2D eigenvalue weighted by Gasteiger charge is -2.31. The highest BCUT2D eigenvalue weighted by atomic mass is 35.5. The maximum absolute atomic E-state index is 10.6. The van der Waals surface area contributed by atoms with Gasteiger partial charge >= 0.3 is 5.97 Å². The summed E-state index contributed by atoms with van der Waals surface area (Å²) in [6.07, 6.45) is 3.35. The van der Waals surface area contributed by atoms with Crippen LogP contribution < -0.4 is 0 Å². The highest BCUT2D eigenvalue weighted by molar-refractivity contribution is 6.30. The van der Waals surface area contributed by atoms with Gasteiger partial charge in [0.1, 0.15) is 0 Å². The summed E-state index contributed by atoms with van der Waals surface area (Å²) in [6.45, 7) is 3.09. The highest BCUT2D eigenvalue weighted by Gasteiger charge is 2.19. The fraction of sp³-hybridized carbons (Fsp3) is 0.533. The largest absolute Gasteiger partial charge is 0.481 e. The summed E-state index contributed by atoms with van der Waals surface area (Å²) in [5.74, 6) is -0.0961. The minimum absolute atomic E-state index is 0.307. The van der Waals surface area contributed by atoms with Gasteiger partial charge in [0.05, 0.1) is 0 Å². The first-order valence-electron chi connectivity index (χ1n) is 6.82. The van der Waals surface area contributed by atoms with Crippen LogP contribution in [0.5, 0.6) is 0 Å².